The fraction of sp³-hybridized carbons (Fsp3) is 0.200. The number of oxazole rings is 1. The second-order valence-electron chi connectivity index (χ2n) is 2.99. The first-order chi connectivity index (χ1) is 6.68. The Morgan fingerprint density at radius 2 is 2.21 bits per heavy atom. The van der Waals surface area contributed by atoms with Gasteiger partial charge in [0.15, 0.2) is 11.7 Å². The lowest BCUT2D eigenvalue weighted by Crippen LogP contribution is -1.99. The van der Waals surface area contributed by atoms with Crippen LogP contribution in [0.4, 0.5) is 0 Å². The Morgan fingerprint density at radius 1 is 1.43 bits per heavy atom. The smallest absolute Gasteiger partial charge is 0.233 e. The van der Waals surface area contributed by atoms with Crippen LogP contribution in [0.15, 0.2) is 27.4 Å². The Bertz CT molecular complexity index is 454. The molecule has 4 heteroatoms. The summed E-state index contributed by atoms with van der Waals surface area (Å²) in [6, 6.07) is 1.60. The van der Waals surface area contributed by atoms with E-state index in [0.717, 1.165) is 0 Å². The van der Waals surface area contributed by atoms with Crippen molar-refractivity contribution in [3.05, 3.63) is 41.5 Å². The highest BCUT2D eigenvalue weighted by Crippen LogP contribution is 2.15. The van der Waals surface area contributed by atoms with E-state index in [1.54, 1.807) is 19.9 Å². The van der Waals surface area contributed by atoms with E-state index >= 15 is 0 Å². The maximum Gasteiger partial charge on any atom is 0.233 e. The lowest BCUT2D eigenvalue weighted by atomic mass is 10.1. The normalized spacial score (nSPS) is 10.4. The van der Waals surface area contributed by atoms with Gasteiger partial charge in [0.2, 0.25) is 5.78 Å². The highest BCUT2D eigenvalue weighted by molar-refractivity contribution is 6.07. The van der Waals surface area contributed by atoms with Gasteiger partial charge in [-0.05, 0) is 13.0 Å². The van der Waals surface area contributed by atoms with E-state index in [2.05, 4.69) is 4.98 Å². The van der Waals surface area contributed by atoms with Crippen LogP contribution >= 0.6 is 0 Å². The lowest BCUT2D eigenvalue weighted by molar-refractivity contribution is 0.101. The SMILES string of the molecule is Cc1nc(C)c(C(=O)c2ccoc2)o1. The highest BCUT2D eigenvalue weighted by atomic mass is 16.4. The molecule has 2 aromatic heterocycles. The predicted molar refractivity (Wildman–Crippen MR) is 48.1 cm³/mol. The molecule has 14 heavy (non-hydrogen) atoms. The second-order valence-corrected chi connectivity index (χ2v) is 2.99. The molecule has 72 valence electrons. The first kappa shape index (κ1) is 8.74. The number of rotatable bonds is 2. The molecule has 0 spiro atoms. The minimum atomic E-state index is -0.197. The molecule has 0 fully saturated rings. The number of hydrogen-bond donors (Lipinski definition) is 0. The first-order valence-corrected chi connectivity index (χ1v) is 4.19. The number of hydrogen-bond acceptors (Lipinski definition) is 4. The fourth-order valence-corrected chi connectivity index (χ4v) is 1.27. The number of nitrogens with zero attached hydrogens (tertiary/aromatic N) is 1. The molecule has 0 aliphatic rings. The van der Waals surface area contributed by atoms with Crippen molar-refractivity contribution < 1.29 is 13.6 Å². The number of carbonyl (C=O) groups is 1. The summed E-state index contributed by atoms with van der Waals surface area (Å²) < 4.78 is 10.0. The zero-order valence-corrected chi connectivity index (χ0v) is 7.90. The van der Waals surface area contributed by atoms with Crippen molar-refractivity contribution in [1.29, 1.82) is 0 Å². The van der Waals surface area contributed by atoms with Crippen molar-refractivity contribution in [3.63, 3.8) is 0 Å². The maximum absolute atomic E-state index is 11.7. The van der Waals surface area contributed by atoms with E-state index in [-0.39, 0.29) is 11.5 Å². The fourth-order valence-electron chi connectivity index (χ4n) is 1.27. The Morgan fingerprint density at radius 3 is 2.71 bits per heavy atom. The van der Waals surface area contributed by atoms with Crippen LogP contribution < -0.4 is 0 Å². The average molecular weight is 191 g/mol. The van der Waals surface area contributed by atoms with E-state index in [1.807, 2.05) is 0 Å². The second kappa shape index (κ2) is 3.14. The van der Waals surface area contributed by atoms with E-state index in [4.69, 9.17) is 8.83 Å². The number of aromatic nitrogens is 1. The standard InChI is InChI=1S/C10H9NO3/c1-6-10(14-7(2)11-6)9(12)8-3-4-13-5-8/h3-5H,1-2H3. The van der Waals surface area contributed by atoms with Gasteiger partial charge in [-0.15, -0.1) is 0 Å². The van der Waals surface area contributed by atoms with Crippen molar-refractivity contribution in [2.45, 2.75) is 13.8 Å². The zero-order valence-electron chi connectivity index (χ0n) is 7.90. The summed E-state index contributed by atoms with van der Waals surface area (Å²) in [5.41, 5.74) is 1.08. The van der Waals surface area contributed by atoms with Crippen molar-refractivity contribution >= 4 is 5.78 Å². The minimum Gasteiger partial charge on any atom is -0.472 e. The third-order valence-corrected chi connectivity index (χ3v) is 1.89. The number of carbonyl (C=O) groups excluding carboxylic acids is 1. The van der Waals surface area contributed by atoms with Crippen molar-refractivity contribution in [1.82, 2.24) is 4.98 Å². The molecule has 0 amide bonds. The molecule has 0 aliphatic heterocycles. The van der Waals surface area contributed by atoms with Gasteiger partial charge in [-0.2, -0.15) is 0 Å². The molecule has 0 saturated heterocycles. The quantitative estimate of drug-likeness (QED) is 0.682. The lowest BCUT2D eigenvalue weighted by Gasteiger charge is -1.91. The topological polar surface area (TPSA) is 56.2 Å². The third-order valence-electron chi connectivity index (χ3n) is 1.89. The first-order valence-electron chi connectivity index (χ1n) is 4.19. The molecular weight excluding hydrogens is 182 g/mol. The van der Waals surface area contributed by atoms with Crippen LogP contribution in [0.25, 0.3) is 0 Å². The average Bonchev–Trinajstić information content (AvgIpc) is 2.73. The van der Waals surface area contributed by atoms with Crippen LogP contribution in [0.1, 0.15) is 27.7 Å². The maximum atomic E-state index is 11.7. The molecule has 0 radical (unpaired) electrons. The van der Waals surface area contributed by atoms with Crippen LogP contribution in [-0.2, 0) is 0 Å². The summed E-state index contributed by atoms with van der Waals surface area (Å²) >= 11 is 0. The monoisotopic (exact) mass is 191 g/mol. The van der Waals surface area contributed by atoms with Gasteiger partial charge in [0.05, 0.1) is 17.5 Å². The van der Waals surface area contributed by atoms with Crippen molar-refractivity contribution in [2.24, 2.45) is 0 Å². The van der Waals surface area contributed by atoms with E-state index < -0.39 is 0 Å². The minimum absolute atomic E-state index is 0.197. The Kier molecular flexibility index (Phi) is 1.96. The third kappa shape index (κ3) is 1.35. The molecule has 0 aliphatic carbocycles. The van der Waals surface area contributed by atoms with Crippen LogP contribution in [0.2, 0.25) is 0 Å². The Hall–Kier alpha value is -1.84. The van der Waals surface area contributed by atoms with E-state index in [9.17, 15) is 4.79 Å². The summed E-state index contributed by atoms with van der Waals surface area (Å²) in [6.07, 6.45) is 2.84. The highest BCUT2D eigenvalue weighted by Gasteiger charge is 2.18. The molecule has 0 aromatic carbocycles. The molecule has 0 unspecified atom stereocenters. The summed E-state index contributed by atoms with van der Waals surface area (Å²) in [5.74, 6) is 0.579. The predicted octanol–water partition coefficient (Wildman–Crippen LogP) is 2.12. The number of aryl methyl sites for hydroxylation is 2. The molecule has 0 atom stereocenters. The summed E-state index contributed by atoms with van der Waals surface area (Å²) in [7, 11) is 0. The molecule has 4 nitrogen and oxygen atoms in total. The summed E-state index contributed by atoms with van der Waals surface area (Å²) in [6.45, 7) is 3.45. The Balaban J connectivity index is 2.41. The van der Waals surface area contributed by atoms with Gasteiger partial charge in [0.1, 0.15) is 6.26 Å². The molecule has 0 bridgehead atoms. The van der Waals surface area contributed by atoms with E-state index in [1.165, 1.54) is 12.5 Å². The summed E-state index contributed by atoms with van der Waals surface area (Å²) in [5, 5.41) is 0. The van der Waals surface area contributed by atoms with Crippen LogP contribution in [-0.4, -0.2) is 10.8 Å². The number of ketones is 1. The van der Waals surface area contributed by atoms with Gasteiger partial charge >= 0.3 is 0 Å². The van der Waals surface area contributed by atoms with Gasteiger partial charge in [-0.3, -0.25) is 4.79 Å². The number of furan rings is 1. The Labute approximate surface area is 80.6 Å². The van der Waals surface area contributed by atoms with Crippen LogP contribution in [0.5, 0.6) is 0 Å². The van der Waals surface area contributed by atoms with Gasteiger partial charge in [-0.25, -0.2) is 4.98 Å². The molecule has 0 N–H and O–H groups in total. The molecule has 2 heterocycles. The van der Waals surface area contributed by atoms with E-state index in [0.29, 0.717) is 17.1 Å². The summed E-state index contributed by atoms with van der Waals surface area (Å²) in [4.78, 5) is 15.8. The van der Waals surface area contributed by atoms with Crippen LogP contribution in [0, 0.1) is 13.8 Å². The molecule has 2 aromatic rings. The zero-order chi connectivity index (χ0) is 10.1. The van der Waals surface area contributed by atoms with Crippen molar-refractivity contribution in [2.75, 3.05) is 0 Å². The van der Waals surface area contributed by atoms with Gasteiger partial charge in [-0.1, -0.05) is 0 Å². The van der Waals surface area contributed by atoms with Crippen molar-refractivity contribution in [3.8, 4) is 0 Å². The molecular formula is C10H9NO3. The van der Waals surface area contributed by atoms with Gasteiger partial charge in [0.25, 0.3) is 0 Å². The molecule has 2 rings (SSSR count). The molecule has 0 saturated carbocycles. The van der Waals surface area contributed by atoms with Crippen LogP contribution in [0.3, 0.4) is 0 Å². The van der Waals surface area contributed by atoms with Gasteiger partial charge in [0, 0.05) is 6.92 Å². The van der Waals surface area contributed by atoms with Gasteiger partial charge < -0.3 is 8.83 Å². The largest absolute Gasteiger partial charge is 0.472 e.